The molecule has 2 rings (SSSR count). The molecule has 0 saturated carbocycles. The number of amides is 2. The molecule has 0 aliphatic rings. The average molecular weight is 331 g/mol. The molecule has 1 aromatic carbocycles. The van der Waals surface area contributed by atoms with Crippen LogP contribution in [0.4, 0.5) is 0 Å². The van der Waals surface area contributed by atoms with Gasteiger partial charge in [0.2, 0.25) is 11.8 Å². The maximum Gasteiger partial charge on any atom is 0.239 e. The van der Waals surface area contributed by atoms with Gasteiger partial charge in [-0.25, -0.2) is 4.98 Å². The van der Waals surface area contributed by atoms with E-state index in [2.05, 4.69) is 10.3 Å². The molecule has 0 radical (unpaired) electrons. The van der Waals surface area contributed by atoms with E-state index in [1.165, 1.54) is 21.8 Å². The largest absolute Gasteiger partial charge is 0.358 e. The van der Waals surface area contributed by atoms with Crippen molar-refractivity contribution in [3.8, 4) is 11.3 Å². The van der Waals surface area contributed by atoms with E-state index >= 15 is 0 Å². The van der Waals surface area contributed by atoms with Gasteiger partial charge >= 0.3 is 0 Å². The summed E-state index contributed by atoms with van der Waals surface area (Å²) in [6.45, 7) is 4.03. The van der Waals surface area contributed by atoms with Crippen LogP contribution in [0.5, 0.6) is 0 Å². The first-order valence-corrected chi connectivity index (χ1v) is 8.20. The van der Waals surface area contributed by atoms with Crippen molar-refractivity contribution in [1.29, 1.82) is 0 Å². The molecule has 6 heteroatoms. The van der Waals surface area contributed by atoms with Crippen LogP contribution in [0, 0.1) is 13.8 Å². The van der Waals surface area contributed by atoms with Crippen molar-refractivity contribution >= 4 is 23.2 Å². The zero-order valence-electron chi connectivity index (χ0n) is 13.8. The lowest BCUT2D eigenvalue weighted by Crippen LogP contribution is -2.37. The van der Waals surface area contributed by atoms with Crippen molar-refractivity contribution in [2.45, 2.75) is 20.3 Å². The molecule has 0 bridgehead atoms. The van der Waals surface area contributed by atoms with Crippen LogP contribution in [0.15, 0.2) is 24.3 Å². The minimum atomic E-state index is -0.180. The fourth-order valence-electron chi connectivity index (χ4n) is 2.18. The second-order valence-electron chi connectivity index (χ2n) is 5.47. The third-order valence-electron chi connectivity index (χ3n) is 3.53. The number of hydrogen-bond acceptors (Lipinski definition) is 4. The van der Waals surface area contributed by atoms with Gasteiger partial charge in [-0.2, -0.15) is 0 Å². The van der Waals surface area contributed by atoms with Crippen LogP contribution in [0.3, 0.4) is 0 Å². The van der Waals surface area contributed by atoms with Gasteiger partial charge in [-0.05, 0) is 13.8 Å². The fourth-order valence-corrected chi connectivity index (χ4v) is 3.13. The van der Waals surface area contributed by atoms with Crippen LogP contribution >= 0.6 is 11.3 Å². The summed E-state index contributed by atoms with van der Waals surface area (Å²) in [4.78, 5) is 30.7. The zero-order valence-corrected chi connectivity index (χ0v) is 14.7. The van der Waals surface area contributed by atoms with Crippen LogP contribution < -0.4 is 5.32 Å². The molecule has 1 aromatic heterocycles. The monoisotopic (exact) mass is 331 g/mol. The van der Waals surface area contributed by atoms with Gasteiger partial charge in [0.25, 0.3) is 0 Å². The third-order valence-corrected chi connectivity index (χ3v) is 4.50. The van der Waals surface area contributed by atoms with Gasteiger partial charge in [0.1, 0.15) is 0 Å². The highest BCUT2D eigenvalue weighted by Gasteiger charge is 2.18. The van der Waals surface area contributed by atoms with Crippen molar-refractivity contribution in [2.75, 3.05) is 20.6 Å². The first kappa shape index (κ1) is 17.1. The molecule has 0 aliphatic carbocycles. The van der Waals surface area contributed by atoms with E-state index in [0.717, 1.165) is 21.1 Å². The lowest BCUT2D eigenvalue weighted by atomic mass is 10.1. The van der Waals surface area contributed by atoms with E-state index < -0.39 is 0 Å². The Labute approximate surface area is 140 Å². The number of thiazole rings is 1. The summed E-state index contributed by atoms with van der Waals surface area (Å²) in [5, 5.41) is 3.45. The van der Waals surface area contributed by atoms with E-state index in [4.69, 9.17) is 0 Å². The van der Waals surface area contributed by atoms with Gasteiger partial charge in [0.15, 0.2) is 0 Å². The molecule has 0 aliphatic heterocycles. The minimum absolute atomic E-state index is 0.0625. The Balaban J connectivity index is 2.19. The average Bonchev–Trinajstić information content (AvgIpc) is 2.88. The topological polar surface area (TPSA) is 62.3 Å². The van der Waals surface area contributed by atoms with Crippen LogP contribution in [0.1, 0.15) is 15.4 Å². The molecule has 0 unspecified atom stereocenters. The van der Waals surface area contributed by atoms with Crippen LogP contribution in [-0.4, -0.2) is 42.3 Å². The lowest BCUT2D eigenvalue weighted by Gasteiger charge is -2.15. The summed E-state index contributed by atoms with van der Waals surface area (Å²) in [6.07, 6.45) is 0.252. The number of hydrogen-bond donors (Lipinski definition) is 1. The standard InChI is InChI=1S/C17H21N3O2S/c1-11-5-7-13(8-6-11)17-14(23-12(2)19-17)9-16(22)20(4)10-15(21)18-3/h5-8H,9-10H2,1-4H3,(H,18,21). The molecule has 0 atom stereocenters. The predicted octanol–water partition coefficient (Wildman–Crippen LogP) is 2.17. The Morgan fingerprint density at radius 3 is 2.48 bits per heavy atom. The molecule has 122 valence electrons. The highest BCUT2D eigenvalue weighted by atomic mass is 32.1. The molecule has 5 nitrogen and oxygen atoms in total. The Morgan fingerprint density at radius 1 is 1.22 bits per heavy atom. The van der Waals surface area contributed by atoms with Gasteiger partial charge in [-0.15, -0.1) is 11.3 Å². The second-order valence-corrected chi connectivity index (χ2v) is 6.76. The van der Waals surface area contributed by atoms with Gasteiger partial charge in [0.05, 0.1) is 23.7 Å². The summed E-state index contributed by atoms with van der Waals surface area (Å²) in [5.74, 6) is -0.272. The number of carbonyl (C=O) groups excluding carboxylic acids is 2. The number of nitrogens with zero attached hydrogens (tertiary/aromatic N) is 2. The third kappa shape index (κ3) is 4.39. The van der Waals surface area contributed by atoms with Gasteiger partial charge in [0, 0.05) is 24.5 Å². The van der Waals surface area contributed by atoms with Crippen molar-refractivity contribution < 1.29 is 9.59 Å². The van der Waals surface area contributed by atoms with E-state index in [1.54, 1.807) is 14.1 Å². The highest BCUT2D eigenvalue weighted by molar-refractivity contribution is 7.12. The Hall–Kier alpha value is -2.21. The molecule has 1 heterocycles. The molecule has 23 heavy (non-hydrogen) atoms. The molecule has 0 spiro atoms. The van der Waals surface area contributed by atoms with E-state index in [0.29, 0.717) is 0 Å². The summed E-state index contributed by atoms with van der Waals surface area (Å²) >= 11 is 1.52. The molecule has 1 N–H and O–H groups in total. The Kier molecular flexibility index (Phi) is 5.50. The fraction of sp³-hybridized carbons (Fsp3) is 0.353. The van der Waals surface area contributed by atoms with Crippen LogP contribution in [0.25, 0.3) is 11.3 Å². The number of aromatic nitrogens is 1. The summed E-state index contributed by atoms with van der Waals surface area (Å²) in [5.41, 5.74) is 3.05. The Bertz CT molecular complexity index is 707. The SMILES string of the molecule is CNC(=O)CN(C)C(=O)Cc1sc(C)nc1-c1ccc(C)cc1. The highest BCUT2D eigenvalue weighted by Crippen LogP contribution is 2.29. The van der Waals surface area contributed by atoms with Crippen molar-refractivity contribution in [3.63, 3.8) is 0 Å². The summed E-state index contributed by atoms with van der Waals surface area (Å²) in [6, 6.07) is 8.11. The molecule has 0 saturated heterocycles. The van der Waals surface area contributed by atoms with Crippen molar-refractivity contribution in [2.24, 2.45) is 0 Å². The van der Waals surface area contributed by atoms with Crippen molar-refractivity contribution in [1.82, 2.24) is 15.2 Å². The van der Waals surface area contributed by atoms with E-state index in [1.807, 2.05) is 38.1 Å². The maximum atomic E-state index is 12.3. The smallest absolute Gasteiger partial charge is 0.239 e. The first-order valence-electron chi connectivity index (χ1n) is 7.38. The van der Waals surface area contributed by atoms with Gasteiger partial charge < -0.3 is 10.2 Å². The predicted molar refractivity (Wildman–Crippen MR) is 92.4 cm³/mol. The summed E-state index contributed by atoms with van der Waals surface area (Å²) in [7, 11) is 3.19. The van der Waals surface area contributed by atoms with E-state index in [-0.39, 0.29) is 24.8 Å². The van der Waals surface area contributed by atoms with Crippen molar-refractivity contribution in [3.05, 3.63) is 39.7 Å². The van der Waals surface area contributed by atoms with Gasteiger partial charge in [-0.3, -0.25) is 9.59 Å². The van der Waals surface area contributed by atoms with Crippen LogP contribution in [-0.2, 0) is 16.0 Å². The van der Waals surface area contributed by atoms with Crippen LogP contribution in [0.2, 0.25) is 0 Å². The zero-order chi connectivity index (χ0) is 17.0. The molecule has 0 fully saturated rings. The Morgan fingerprint density at radius 2 is 1.87 bits per heavy atom. The molecule has 2 aromatic rings. The summed E-state index contributed by atoms with van der Waals surface area (Å²) < 4.78 is 0. The maximum absolute atomic E-state index is 12.3. The van der Waals surface area contributed by atoms with E-state index in [9.17, 15) is 9.59 Å². The molecular weight excluding hydrogens is 310 g/mol. The molecular formula is C17H21N3O2S. The number of aryl methyl sites for hydroxylation is 2. The number of likely N-dealkylation sites (N-methyl/N-ethyl adjacent to an activating group) is 2. The normalized spacial score (nSPS) is 10.4. The second kappa shape index (κ2) is 7.37. The molecule has 2 amide bonds. The minimum Gasteiger partial charge on any atom is -0.358 e. The number of benzene rings is 1. The van der Waals surface area contributed by atoms with Gasteiger partial charge in [-0.1, -0.05) is 29.8 Å². The number of rotatable bonds is 5. The number of carbonyl (C=O) groups is 2. The first-order chi connectivity index (χ1) is 10.9. The quantitative estimate of drug-likeness (QED) is 0.913. The number of nitrogens with one attached hydrogen (secondary N) is 1. The lowest BCUT2D eigenvalue weighted by molar-refractivity contribution is -0.134.